The molecule has 0 aliphatic heterocycles. The van der Waals surface area contributed by atoms with E-state index >= 15 is 0 Å². The van der Waals surface area contributed by atoms with Gasteiger partial charge in [-0.15, -0.1) is 13.2 Å². The molecule has 0 aliphatic rings. The number of methoxy groups -OCH3 is 1. The molecule has 0 saturated carbocycles. The molecule has 116 valence electrons. The molecular formula is C15H12F3NO3. The van der Waals surface area contributed by atoms with Crippen molar-refractivity contribution in [2.24, 2.45) is 0 Å². The zero-order valence-corrected chi connectivity index (χ0v) is 11.8. The number of ether oxygens (including phenoxy) is 2. The SMILES string of the molecule is COC(=O)c1ncc(-c2ccc(OC(F)(F)F)cc2)cc1C. The van der Waals surface area contributed by atoms with Crippen LogP contribution in [0.1, 0.15) is 16.1 Å². The van der Waals surface area contributed by atoms with Gasteiger partial charge in [-0.05, 0) is 36.2 Å². The summed E-state index contributed by atoms with van der Waals surface area (Å²) in [4.78, 5) is 15.5. The molecule has 0 bridgehead atoms. The molecule has 1 heterocycles. The van der Waals surface area contributed by atoms with Crippen molar-refractivity contribution in [3.8, 4) is 16.9 Å². The molecule has 0 amide bonds. The van der Waals surface area contributed by atoms with Crippen LogP contribution < -0.4 is 4.74 Å². The minimum Gasteiger partial charge on any atom is -0.464 e. The lowest BCUT2D eigenvalue weighted by molar-refractivity contribution is -0.274. The first kappa shape index (κ1) is 15.8. The van der Waals surface area contributed by atoms with E-state index in [1.165, 1.54) is 37.6 Å². The Labute approximate surface area is 124 Å². The van der Waals surface area contributed by atoms with Crippen LogP contribution in [0.2, 0.25) is 0 Å². The van der Waals surface area contributed by atoms with Gasteiger partial charge in [0.15, 0.2) is 5.69 Å². The number of esters is 1. The van der Waals surface area contributed by atoms with Crippen LogP contribution in [0.5, 0.6) is 5.75 Å². The molecular weight excluding hydrogens is 299 g/mol. The van der Waals surface area contributed by atoms with Crippen molar-refractivity contribution in [2.75, 3.05) is 7.11 Å². The van der Waals surface area contributed by atoms with E-state index in [-0.39, 0.29) is 11.4 Å². The summed E-state index contributed by atoms with van der Waals surface area (Å²) >= 11 is 0. The molecule has 0 saturated heterocycles. The quantitative estimate of drug-likeness (QED) is 0.810. The number of pyridine rings is 1. The van der Waals surface area contributed by atoms with E-state index in [1.807, 2.05) is 0 Å². The number of rotatable bonds is 3. The van der Waals surface area contributed by atoms with Gasteiger partial charge in [0, 0.05) is 11.8 Å². The second kappa shape index (κ2) is 6.05. The van der Waals surface area contributed by atoms with Gasteiger partial charge in [0.25, 0.3) is 0 Å². The molecule has 0 atom stereocenters. The second-order valence-electron chi connectivity index (χ2n) is 4.45. The molecule has 2 rings (SSSR count). The Kier molecular flexibility index (Phi) is 4.35. The highest BCUT2D eigenvalue weighted by Crippen LogP contribution is 2.27. The molecule has 0 aliphatic carbocycles. The maximum Gasteiger partial charge on any atom is 0.573 e. The lowest BCUT2D eigenvalue weighted by Crippen LogP contribution is -2.16. The number of aryl methyl sites for hydroxylation is 1. The summed E-state index contributed by atoms with van der Waals surface area (Å²) in [5.74, 6) is -0.843. The number of nitrogens with zero attached hydrogens (tertiary/aromatic N) is 1. The molecule has 0 spiro atoms. The van der Waals surface area contributed by atoms with Gasteiger partial charge in [0.1, 0.15) is 5.75 Å². The minimum atomic E-state index is -4.72. The van der Waals surface area contributed by atoms with Crippen LogP contribution in [0.15, 0.2) is 36.5 Å². The van der Waals surface area contributed by atoms with Crippen LogP contribution in [0, 0.1) is 6.92 Å². The van der Waals surface area contributed by atoms with Crippen LogP contribution in [0.3, 0.4) is 0 Å². The average Bonchev–Trinajstić information content (AvgIpc) is 2.45. The lowest BCUT2D eigenvalue weighted by atomic mass is 10.0. The van der Waals surface area contributed by atoms with E-state index in [1.54, 1.807) is 13.0 Å². The summed E-state index contributed by atoms with van der Waals surface area (Å²) in [5.41, 5.74) is 2.13. The van der Waals surface area contributed by atoms with E-state index in [2.05, 4.69) is 14.5 Å². The molecule has 4 nitrogen and oxygen atoms in total. The highest BCUT2D eigenvalue weighted by Gasteiger charge is 2.30. The van der Waals surface area contributed by atoms with Gasteiger partial charge in [-0.3, -0.25) is 0 Å². The number of hydrogen-bond donors (Lipinski definition) is 0. The number of aromatic nitrogens is 1. The highest BCUT2D eigenvalue weighted by molar-refractivity contribution is 5.89. The summed E-state index contributed by atoms with van der Waals surface area (Å²) in [5, 5.41) is 0. The lowest BCUT2D eigenvalue weighted by Gasteiger charge is -2.10. The Hall–Kier alpha value is -2.57. The topological polar surface area (TPSA) is 48.4 Å². The predicted octanol–water partition coefficient (Wildman–Crippen LogP) is 3.74. The van der Waals surface area contributed by atoms with Crippen LogP contribution >= 0.6 is 0 Å². The molecule has 2 aromatic rings. The van der Waals surface area contributed by atoms with Gasteiger partial charge in [-0.25, -0.2) is 9.78 Å². The zero-order valence-electron chi connectivity index (χ0n) is 11.8. The van der Waals surface area contributed by atoms with Crippen molar-refractivity contribution in [1.29, 1.82) is 0 Å². The number of benzene rings is 1. The Morgan fingerprint density at radius 1 is 1.14 bits per heavy atom. The first-order chi connectivity index (χ1) is 10.3. The Bertz CT molecular complexity index is 681. The second-order valence-corrected chi connectivity index (χ2v) is 4.45. The van der Waals surface area contributed by atoms with E-state index in [9.17, 15) is 18.0 Å². The van der Waals surface area contributed by atoms with E-state index < -0.39 is 12.3 Å². The molecule has 0 fully saturated rings. The van der Waals surface area contributed by atoms with Gasteiger partial charge in [0.05, 0.1) is 7.11 Å². The summed E-state index contributed by atoms with van der Waals surface area (Å²) in [7, 11) is 1.26. The van der Waals surface area contributed by atoms with Crippen molar-refractivity contribution in [1.82, 2.24) is 4.98 Å². The van der Waals surface area contributed by atoms with Gasteiger partial charge >= 0.3 is 12.3 Å². The molecule has 0 N–H and O–H groups in total. The third-order valence-electron chi connectivity index (χ3n) is 2.88. The average molecular weight is 311 g/mol. The Morgan fingerprint density at radius 2 is 1.77 bits per heavy atom. The predicted molar refractivity (Wildman–Crippen MR) is 72.4 cm³/mol. The fourth-order valence-corrected chi connectivity index (χ4v) is 1.89. The third-order valence-corrected chi connectivity index (χ3v) is 2.88. The fourth-order valence-electron chi connectivity index (χ4n) is 1.89. The van der Waals surface area contributed by atoms with Crippen molar-refractivity contribution < 1.29 is 27.4 Å². The summed E-state index contributed by atoms with van der Waals surface area (Å²) in [6, 6.07) is 7.10. The number of alkyl halides is 3. The largest absolute Gasteiger partial charge is 0.573 e. The molecule has 22 heavy (non-hydrogen) atoms. The summed E-state index contributed by atoms with van der Waals surface area (Å²) < 4.78 is 44.7. The molecule has 7 heteroatoms. The van der Waals surface area contributed by atoms with Crippen LogP contribution in [0.4, 0.5) is 13.2 Å². The maximum absolute atomic E-state index is 12.1. The first-order valence-electron chi connectivity index (χ1n) is 6.21. The molecule has 0 unspecified atom stereocenters. The van der Waals surface area contributed by atoms with Gasteiger partial charge in [0.2, 0.25) is 0 Å². The van der Waals surface area contributed by atoms with Crippen molar-refractivity contribution in [2.45, 2.75) is 13.3 Å². The van der Waals surface area contributed by atoms with Gasteiger partial charge < -0.3 is 9.47 Å². The number of carbonyl (C=O) groups excluding carboxylic acids is 1. The maximum atomic E-state index is 12.1. The standard InChI is InChI=1S/C15H12F3NO3/c1-9-7-11(8-19-13(9)14(20)21-2)10-3-5-12(6-4-10)22-15(16,17)18/h3-8H,1-2H3. The molecule has 1 aromatic carbocycles. The smallest absolute Gasteiger partial charge is 0.464 e. The van der Waals surface area contributed by atoms with Crippen molar-refractivity contribution >= 4 is 5.97 Å². The first-order valence-corrected chi connectivity index (χ1v) is 6.21. The molecule has 1 aromatic heterocycles. The van der Waals surface area contributed by atoms with Gasteiger partial charge in [-0.1, -0.05) is 12.1 Å². The van der Waals surface area contributed by atoms with Crippen LogP contribution in [0.25, 0.3) is 11.1 Å². The summed E-state index contributed by atoms with van der Waals surface area (Å²) in [6.45, 7) is 1.70. The van der Waals surface area contributed by atoms with E-state index in [4.69, 9.17) is 0 Å². The number of carbonyl (C=O) groups is 1. The van der Waals surface area contributed by atoms with E-state index in [0.717, 1.165) is 0 Å². The fraction of sp³-hybridized carbons (Fsp3) is 0.200. The van der Waals surface area contributed by atoms with Crippen molar-refractivity contribution in [3.63, 3.8) is 0 Å². The van der Waals surface area contributed by atoms with Crippen molar-refractivity contribution in [3.05, 3.63) is 47.8 Å². The number of halogens is 3. The number of hydrogen-bond acceptors (Lipinski definition) is 4. The van der Waals surface area contributed by atoms with E-state index in [0.29, 0.717) is 16.7 Å². The molecule has 0 radical (unpaired) electrons. The zero-order chi connectivity index (χ0) is 16.3. The minimum absolute atomic E-state index is 0.197. The van der Waals surface area contributed by atoms with Crippen LogP contribution in [-0.4, -0.2) is 24.4 Å². The third kappa shape index (κ3) is 3.75. The Morgan fingerprint density at radius 3 is 2.27 bits per heavy atom. The highest BCUT2D eigenvalue weighted by atomic mass is 19.4. The van der Waals surface area contributed by atoms with Gasteiger partial charge in [-0.2, -0.15) is 0 Å². The monoisotopic (exact) mass is 311 g/mol. The van der Waals surface area contributed by atoms with Crippen LogP contribution in [-0.2, 0) is 4.74 Å². The normalized spacial score (nSPS) is 11.1. The Balaban J connectivity index is 2.25. The summed E-state index contributed by atoms with van der Waals surface area (Å²) in [6.07, 6.45) is -3.26.